The van der Waals surface area contributed by atoms with Crippen LogP contribution in [0, 0.1) is 11.8 Å². The summed E-state index contributed by atoms with van der Waals surface area (Å²) in [5.74, 6) is 1.18. The molecule has 0 aliphatic carbocycles. The zero-order chi connectivity index (χ0) is 5.98. The lowest BCUT2D eigenvalue weighted by molar-refractivity contribution is 0.212. The van der Waals surface area contributed by atoms with Crippen molar-refractivity contribution in [3.63, 3.8) is 0 Å². The molecule has 48 valence electrons. The number of rotatable bonds is 1. The second-order valence-corrected chi connectivity index (χ2v) is 2.58. The Morgan fingerprint density at radius 2 is 2.38 bits per heavy atom. The van der Waals surface area contributed by atoms with E-state index in [0.29, 0.717) is 18.4 Å². The highest BCUT2D eigenvalue weighted by atomic mass is 16.3. The number of hydrogen-bond donors (Lipinski definition) is 2. The maximum atomic E-state index is 8.70. The fourth-order valence-corrected chi connectivity index (χ4v) is 1.11. The Kier molecular flexibility index (Phi) is 1.86. The Bertz CT molecular complexity index is 74.9. The Labute approximate surface area is 49.9 Å². The molecule has 0 aromatic carbocycles. The van der Waals surface area contributed by atoms with Crippen LogP contribution in [-0.4, -0.2) is 24.8 Å². The molecular formula is C6H13NO. The van der Waals surface area contributed by atoms with Gasteiger partial charge in [0.2, 0.25) is 0 Å². The third-order valence-corrected chi connectivity index (χ3v) is 1.91. The second kappa shape index (κ2) is 2.46. The molecule has 8 heavy (non-hydrogen) atoms. The van der Waals surface area contributed by atoms with Gasteiger partial charge in [-0.25, -0.2) is 0 Å². The van der Waals surface area contributed by atoms with Crippen LogP contribution in [0.4, 0.5) is 0 Å². The molecule has 1 rings (SSSR count). The molecule has 0 radical (unpaired) electrons. The summed E-state index contributed by atoms with van der Waals surface area (Å²) >= 11 is 0. The van der Waals surface area contributed by atoms with E-state index in [1.54, 1.807) is 0 Å². The maximum absolute atomic E-state index is 8.70. The molecule has 2 N–H and O–H groups in total. The van der Waals surface area contributed by atoms with Crippen LogP contribution in [0.15, 0.2) is 0 Å². The molecule has 0 bridgehead atoms. The normalized spacial score (nSPS) is 38.2. The first-order chi connectivity index (χ1) is 3.84. The first kappa shape index (κ1) is 6.05. The van der Waals surface area contributed by atoms with Gasteiger partial charge in [0.1, 0.15) is 0 Å². The number of aliphatic hydroxyl groups excluding tert-OH is 1. The summed E-state index contributed by atoms with van der Waals surface area (Å²) in [6, 6.07) is 0. The van der Waals surface area contributed by atoms with Gasteiger partial charge in [0.25, 0.3) is 0 Å². The predicted molar refractivity (Wildman–Crippen MR) is 32.6 cm³/mol. The second-order valence-electron chi connectivity index (χ2n) is 2.58. The first-order valence-corrected chi connectivity index (χ1v) is 3.16. The molecule has 2 nitrogen and oxygen atoms in total. The average Bonchev–Trinajstić information content (AvgIpc) is 2.14. The topological polar surface area (TPSA) is 32.3 Å². The summed E-state index contributed by atoms with van der Waals surface area (Å²) in [5, 5.41) is 11.9. The average molecular weight is 115 g/mol. The SMILES string of the molecule is CC1CNC[C@H]1CO. The van der Waals surface area contributed by atoms with Crippen molar-refractivity contribution >= 4 is 0 Å². The van der Waals surface area contributed by atoms with Crippen molar-refractivity contribution in [3.8, 4) is 0 Å². The molecule has 1 saturated heterocycles. The minimum Gasteiger partial charge on any atom is -0.396 e. The van der Waals surface area contributed by atoms with Gasteiger partial charge in [-0.05, 0) is 18.4 Å². The van der Waals surface area contributed by atoms with Crippen LogP contribution in [0.5, 0.6) is 0 Å². The molecule has 0 amide bonds. The van der Waals surface area contributed by atoms with E-state index >= 15 is 0 Å². The van der Waals surface area contributed by atoms with Crippen LogP contribution >= 0.6 is 0 Å². The fraction of sp³-hybridized carbons (Fsp3) is 1.00. The van der Waals surface area contributed by atoms with Gasteiger partial charge in [-0.2, -0.15) is 0 Å². The van der Waals surface area contributed by atoms with Gasteiger partial charge in [-0.3, -0.25) is 0 Å². The van der Waals surface area contributed by atoms with Gasteiger partial charge >= 0.3 is 0 Å². The summed E-state index contributed by atoms with van der Waals surface area (Å²) in [7, 11) is 0. The molecule has 1 heterocycles. The standard InChI is InChI=1S/C6H13NO/c1-5-2-7-3-6(5)4-8/h5-8H,2-4H2,1H3/t5?,6-/m0/s1. The molecule has 0 saturated carbocycles. The van der Waals surface area contributed by atoms with E-state index in [2.05, 4.69) is 12.2 Å². The highest BCUT2D eigenvalue weighted by Crippen LogP contribution is 2.13. The predicted octanol–water partition coefficient (Wildman–Crippen LogP) is -0.166. The lowest BCUT2D eigenvalue weighted by atomic mass is 10.00. The maximum Gasteiger partial charge on any atom is 0.0474 e. The van der Waals surface area contributed by atoms with Gasteiger partial charge in [-0.1, -0.05) is 6.92 Å². The Morgan fingerprint density at radius 1 is 1.62 bits per heavy atom. The Hall–Kier alpha value is -0.0800. The number of aliphatic hydroxyl groups is 1. The van der Waals surface area contributed by atoms with Gasteiger partial charge in [0.15, 0.2) is 0 Å². The zero-order valence-electron chi connectivity index (χ0n) is 5.22. The van der Waals surface area contributed by atoms with Crippen molar-refractivity contribution < 1.29 is 5.11 Å². The fourth-order valence-electron chi connectivity index (χ4n) is 1.11. The molecule has 1 aliphatic heterocycles. The Balaban J connectivity index is 2.30. The molecular weight excluding hydrogens is 102 g/mol. The molecule has 0 aromatic heterocycles. The number of hydrogen-bond acceptors (Lipinski definition) is 2. The van der Waals surface area contributed by atoms with Gasteiger partial charge in [-0.15, -0.1) is 0 Å². The number of nitrogens with one attached hydrogen (secondary N) is 1. The van der Waals surface area contributed by atoms with Crippen molar-refractivity contribution in [2.24, 2.45) is 11.8 Å². The van der Waals surface area contributed by atoms with E-state index in [-0.39, 0.29) is 0 Å². The summed E-state index contributed by atoms with van der Waals surface area (Å²) in [5.41, 5.74) is 0. The van der Waals surface area contributed by atoms with Crippen molar-refractivity contribution in [3.05, 3.63) is 0 Å². The Morgan fingerprint density at radius 3 is 2.62 bits per heavy atom. The largest absolute Gasteiger partial charge is 0.396 e. The van der Waals surface area contributed by atoms with E-state index in [9.17, 15) is 0 Å². The smallest absolute Gasteiger partial charge is 0.0474 e. The van der Waals surface area contributed by atoms with E-state index in [4.69, 9.17) is 5.11 Å². The summed E-state index contributed by atoms with van der Waals surface area (Å²) in [6.45, 7) is 4.58. The molecule has 2 heteroatoms. The molecule has 1 unspecified atom stereocenters. The van der Waals surface area contributed by atoms with E-state index in [1.165, 1.54) is 0 Å². The lowest BCUT2D eigenvalue weighted by Crippen LogP contribution is -2.13. The van der Waals surface area contributed by atoms with Gasteiger partial charge < -0.3 is 10.4 Å². The molecule has 0 aromatic rings. The third-order valence-electron chi connectivity index (χ3n) is 1.91. The van der Waals surface area contributed by atoms with Crippen LogP contribution in [-0.2, 0) is 0 Å². The molecule has 1 aliphatic rings. The lowest BCUT2D eigenvalue weighted by Gasteiger charge is -2.07. The minimum absolute atomic E-state index is 0.341. The third kappa shape index (κ3) is 1.01. The summed E-state index contributed by atoms with van der Waals surface area (Å²) in [6.07, 6.45) is 0. The van der Waals surface area contributed by atoms with E-state index < -0.39 is 0 Å². The van der Waals surface area contributed by atoms with Gasteiger partial charge in [0.05, 0.1) is 0 Å². The van der Waals surface area contributed by atoms with E-state index in [0.717, 1.165) is 13.1 Å². The minimum atomic E-state index is 0.341. The van der Waals surface area contributed by atoms with Crippen molar-refractivity contribution in [1.82, 2.24) is 5.32 Å². The monoisotopic (exact) mass is 115 g/mol. The van der Waals surface area contributed by atoms with Crippen molar-refractivity contribution in [2.45, 2.75) is 6.92 Å². The van der Waals surface area contributed by atoms with Crippen LogP contribution in [0.2, 0.25) is 0 Å². The van der Waals surface area contributed by atoms with Crippen LogP contribution in [0.1, 0.15) is 6.92 Å². The van der Waals surface area contributed by atoms with Crippen molar-refractivity contribution in [2.75, 3.05) is 19.7 Å². The molecule has 1 fully saturated rings. The first-order valence-electron chi connectivity index (χ1n) is 3.16. The highest BCUT2D eigenvalue weighted by molar-refractivity contribution is 4.76. The van der Waals surface area contributed by atoms with Crippen LogP contribution in [0.25, 0.3) is 0 Å². The van der Waals surface area contributed by atoms with Crippen LogP contribution < -0.4 is 5.32 Å². The van der Waals surface area contributed by atoms with Gasteiger partial charge in [0, 0.05) is 13.2 Å². The van der Waals surface area contributed by atoms with E-state index in [1.807, 2.05) is 0 Å². The summed E-state index contributed by atoms with van der Waals surface area (Å²) in [4.78, 5) is 0. The zero-order valence-corrected chi connectivity index (χ0v) is 5.22. The van der Waals surface area contributed by atoms with Crippen molar-refractivity contribution in [1.29, 1.82) is 0 Å². The highest BCUT2D eigenvalue weighted by Gasteiger charge is 2.21. The quantitative estimate of drug-likeness (QED) is 0.497. The summed E-state index contributed by atoms with van der Waals surface area (Å²) < 4.78 is 0. The van der Waals surface area contributed by atoms with Crippen LogP contribution in [0.3, 0.4) is 0 Å². The molecule has 0 spiro atoms. The molecule has 2 atom stereocenters.